The van der Waals surface area contributed by atoms with Gasteiger partial charge in [-0.2, -0.15) is 5.10 Å². The predicted molar refractivity (Wildman–Crippen MR) is 86.3 cm³/mol. The number of hydrogen-bond donors (Lipinski definition) is 2. The molecular weight excluding hydrogens is 342 g/mol. The van der Waals surface area contributed by atoms with Crippen molar-refractivity contribution >= 4 is 44.8 Å². The van der Waals surface area contributed by atoms with Crippen LogP contribution in [-0.2, 0) is 4.79 Å². The van der Waals surface area contributed by atoms with E-state index in [4.69, 9.17) is 11.6 Å². The van der Waals surface area contributed by atoms with Crippen molar-refractivity contribution in [3.63, 3.8) is 0 Å². The minimum Gasteiger partial charge on any atom is -0.375 e. The summed E-state index contributed by atoms with van der Waals surface area (Å²) in [6.45, 7) is 0.178. The number of halogens is 2. The molecule has 108 valence electrons. The Kier molecular flexibility index (Phi) is 5.86. The van der Waals surface area contributed by atoms with Gasteiger partial charge in [0.05, 0.1) is 6.54 Å². The molecule has 1 aromatic carbocycles. The van der Waals surface area contributed by atoms with Crippen molar-refractivity contribution in [1.82, 2.24) is 5.43 Å². The molecule has 0 atom stereocenters. The first-order valence-corrected chi connectivity index (χ1v) is 7.85. The zero-order valence-electron chi connectivity index (χ0n) is 11.1. The third-order valence-electron chi connectivity index (χ3n) is 3.14. The first-order chi connectivity index (χ1) is 9.65. The number of nitrogens with zero attached hydrogens (tertiary/aromatic N) is 1. The van der Waals surface area contributed by atoms with Crippen LogP contribution in [0.25, 0.3) is 0 Å². The lowest BCUT2D eigenvalue weighted by Crippen LogP contribution is -2.27. The van der Waals surface area contributed by atoms with Gasteiger partial charge in [0, 0.05) is 20.9 Å². The van der Waals surface area contributed by atoms with E-state index in [0.29, 0.717) is 5.02 Å². The summed E-state index contributed by atoms with van der Waals surface area (Å²) in [4.78, 5) is 11.7. The molecule has 1 saturated carbocycles. The quantitative estimate of drug-likeness (QED) is 0.801. The van der Waals surface area contributed by atoms with Crippen molar-refractivity contribution in [2.75, 3.05) is 11.9 Å². The summed E-state index contributed by atoms with van der Waals surface area (Å²) < 4.78 is 0.830. The molecule has 4 nitrogen and oxygen atoms in total. The molecule has 0 spiro atoms. The summed E-state index contributed by atoms with van der Waals surface area (Å²) >= 11 is 9.25. The minimum absolute atomic E-state index is 0.148. The normalized spacial score (nSPS) is 14.8. The van der Waals surface area contributed by atoms with Crippen molar-refractivity contribution in [3.8, 4) is 0 Å². The Labute approximate surface area is 132 Å². The Morgan fingerprint density at radius 1 is 1.30 bits per heavy atom. The highest BCUT2D eigenvalue weighted by atomic mass is 79.9. The molecule has 1 aliphatic rings. The molecule has 0 heterocycles. The van der Waals surface area contributed by atoms with E-state index in [1.165, 1.54) is 19.3 Å². The maximum Gasteiger partial charge on any atom is 0.259 e. The molecule has 0 saturated heterocycles. The van der Waals surface area contributed by atoms with E-state index in [-0.39, 0.29) is 12.5 Å². The first kappa shape index (κ1) is 15.3. The van der Waals surface area contributed by atoms with Crippen LogP contribution in [0, 0.1) is 0 Å². The van der Waals surface area contributed by atoms with Crippen LogP contribution in [0.4, 0.5) is 5.69 Å². The molecule has 1 aliphatic carbocycles. The average molecular weight is 359 g/mol. The predicted octanol–water partition coefficient (Wildman–Crippen LogP) is 3.95. The second kappa shape index (κ2) is 7.64. The molecule has 0 aliphatic heterocycles. The van der Waals surface area contributed by atoms with Gasteiger partial charge in [-0.1, -0.05) is 18.0 Å². The highest BCUT2D eigenvalue weighted by Crippen LogP contribution is 2.25. The number of carbonyl (C=O) groups is 1. The minimum atomic E-state index is -0.148. The van der Waals surface area contributed by atoms with Crippen LogP contribution >= 0.6 is 27.5 Å². The van der Waals surface area contributed by atoms with Gasteiger partial charge in [0.1, 0.15) is 0 Å². The zero-order chi connectivity index (χ0) is 14.4. The molecule has 1 aromatic rings. The molecule has 1 fully saturated rings. The van der Waals surface area contributed by atoms with Crippen molar-refractivity contribution in [3.05, 3.63) is 27.7 Å². The fraction of sp³-hybridized carbons (Fsp3) is 0.429. The molecule has 0 unspecified atom stereocenters. The van der Waals surface area contributed by atoms with Crippen molar-refractivity contribution in [1.29, 1.82) is 0 Å². The molecule has 0 bridgehead atoms. The standard InChI is InChI=1S/C14H17BrClN3O/c15-12-8-10(16)6-7-13(12)17-9-14(20)19-18-11-4-2-1-3-5-11/h6-8,17H,1-5,9H2,(H,19,20). The van der Waals surface area contributed by atoms with Crippen LogP contribution in [0.1, 0.15) is 32.1 Å². The Morgan fingerprint density at radius 3 is 2.75 bits per heavy atom. The van der Waals surface area contributed by atoms with E-state index in [1.54, 1.807) is 12.1 Å². The molecule has 2 rings (SSSR count). The number of hydrogen-bond acceptors (Lipinski definition) is 3. The van der Waals surface area contributed by atoms with E-state index >= 15 is 0 Å². The van der Waals surface area contributed by atoms with E-state index in [2.05, 4.69) is 31.8 Å². The second-order valence-corrected chi connectivity index (χ2v) is 6.04. The second-order valence-electron chi connectivity index (χ2n) is 4.75. The van der Waals surface area contributed by atoms with E-state index < -0.39 is 0 Å². The van der Waals surface area contributed by atoms with Gasteiger partial charge in [0.25, 0.3) is 5.91 Å². The van der Waals surface area contributed by atoms with Gasteiger partial charge in [0.2, 0.25) is 0 Å². The number of anilines is 1. The van der Waals surface area contributed by atoms with Crippen LogP contribution in [0.3, 0.4) is 0 Å². The monoisotopic (exact) mass is 357 g/mol. The first-order valence-electron chi connectivity index (χ1n) is 6.68. The average Bonchev–Trinajstić information content (AvgIpc) is 2.45. The van der Waals surface area contributed by atoms with Crippen LogP contribution in [0.15, 0.2) is 27.8 Å². The zero-order valence-corrected chi connectivity index (χ0v) is 13.4. The number of rotatable bonds is 4. The highest BCUT2D eigenvalue weighted by Gasteiger charge is 2.08. The lowest BCUT2D eigenvalue weighted by molar-refractivity contribution is -0.119. The van der Waals surface area contributed by atoms with Gasteiger partial charge >= 0.3 is 0 Å². The largest absolute Gasteiger partial charge is 0.375 e. The van der Waals surface area contributed by atoms with Crippen molar-refractivity contribution < 1.29 is 4.79 Å². The number of carbonyl (C=O) groups excluding carboxylic acids is 1. The fourth-order valence-electron chi connectivity index (χ4n) is 2.06. The molecule has 1 amide bonds. The fourth-order valence-corrected chi connectivity index (χ4v) is 2.88. The Morgan fingerprint density at radius 2 is 2.05 bits per heavy atom. The maximum atomic E-state index is 11.7. The summed E-state index contributed by atoms with van der Waals surface area (Å²) in [6, 6.07) is 5.38. The van der Waals surface area contributed by atoms with Crippen molar-refractivity contribution in [2.24, 2.45) is 5.10 Å². The summed E-state index contributed by atoms with van der Waals surface area (Å²) in [7, 11) is 0. The molecule has 20 heavy (non-hydrogen) atoms. The van der Waals surface area contributed by atoms with Crippen LogP contribution in [0.5, 0.6) is 0 Å². The van der Waals surface area contributed by atoms with Crippen molar-refractivity contribution in [2.45, 2.75) is 32.1 Å². The molecular formula is C14H17BrClN3O. The van der Waals surface area contributed by atoms with Gasteiger partial charge in [-0.05, 0) is 59.8 Å². The topological polar surface area (TPSA) is 53.5 Å². The van der Waals surface area contributed by atoms with Gasteiger partial charge in [-0.3, -0.25) is 4.79 Å². The molecule has 0 radical (unpaired) electrons. The number of amides is 1. The van der Waals surface area contributed by atoms with Gasteiger partial charge < -0.3 is 5.32 Å². The molecule has 2 N–H and O–H groups in total. The number of benzene rings is 1. The molecule has 6 heteroatoms. The Hall–Kier alpha value is -1.07. The smallest absolute Gasteiger partial charge is 0.259 e. The van der Waals surface area contributed by atoms with E-state index in [9.17, 15) is 4.79 Å². The van der Waals surface area contributed by atoms with Crippen LogP contribution in [-0.4, -0.2) is 18.2 Å². The number of nitrogens with one attached hydrogen (secondary N) is 2. The lowest BCUT2D eigenvalue weighted by Gasteiger charge is -2.12. The Bertz CT molecular complexity index is 511. The summed E-state index contributed by atoms with van der Waals surface area (Å²) in [5.41, 5.74) is 4.52. The van der Waals surface area contributed by atoms with E-state index in [1.807, 2.05) is 6.07 Å². The highest BCUT2D eigenvalue weighted by molar-refractivity contribution is 9.10. The summed E-state index contributed by atoms with van der Waals surface area (Å²) in [6.07, 6.45) is 5.60. The van der Waals surface area contributed by atoms with Gasteiger partial charge in [-0.15, -0.1) is 0 Å². The SMILES string of the molecule is O=C(CNc1ccc(Cl)cc1Br)NN=C1CCCCC1. The third-order valence-corrected chi connectivity index (χ3v) is 4.03. The lowest BCUT2D eigenvalue weighted by atomic mass is 9.99. The van der Waals surface area contributed by atoms with Crippen LogP contribution < -0.4 is 10.7 Å². The summed E-state index contributed by atoms with van der Waals surface area (Å²) in [5, 5.41) is 7.87. The maximum absolute atomic E-state index is 11.7. The third kappa shape index (κ3) is 4.80. The summed E-state index contributed by atoms with van der Waals surface area (Å²) in [5.74, 6) is -0.148. The number of hydrazone groups is 1. The van der Waals surface area contributed by atoms with Crippen LogP contribution in [0.2, 0.25) is 5.02 Å². The molecule has 0 aromatic heterocycles. The van der Waals surface area contributed by atoms with Gasteiger partial charge in [-0.25, -0.2) is 5.43 Å². The van der Waals surface area contributed by atoms with Gasteiger partial charge in [0.15, 0.2) is 0 Å². The Balaban J connectivity index is 1.80. The van der Waals surface area contributed by atoms with E-state index in [0.717, 1.165) is 28.7 Å².